The highest BCUT2D eigenvalue weighted by Gasteiger charge is 2.09. The molecule has 3 rings (SSSR count). The van der Waals surface area contributed by atoms with E-state index in [0.29, 0.717) is 23.9 Å². The van der Waals surface area contributed by atoms with Crippen molar-refractivity contribution < 1.29 is 14.6 Å². The number of ether oxygens (including phenoxy) is 1. The molecule has 0 aromatic heterocycles. The first-order valence-electron chi connectivity index (χ1n) is 8.56. The number of carbonyl (C=O) groups is 1. The van der Waals surface area contributed by atoms with Gasteiger partial charge in [-0.15, -0.1) is 0 Å². The molecule has 0 aliphatic heterocycles. The Labute approximate surface area is 163 Å². The molecule has 0 atom stereocenters. The molecule has 4 nitrogen and oxygen atoms in total. The zero-order valence-corrected chi connectivity index (χ0v) is 15.7. The van der Waals surface area contributed by atoms with E-state index >= 15 is 0 Å². The third kappa shape index (κ3) is 4.80. The molecular formula is C22H20ClNO3. The van der Waals surface area contributed by atoms with Crippen molar-refractivity contribution in [3.05, 3.63) is 94.0 Å². The molecule has 138 valence electrons. The Balaban J connectivity index is 1.72. The van der Waals surface area contributed by atoms with E-state index in [1.165, 1.54) is 17.7 Å². The van der Waals surface area contributed by atoms with Crippen LogP contribution in [0.1, 0.15) is 27.0 Å². The topological polar surface area (TPSA) is 58.6 Å². The van der Waals surface area contributed by atoms with Crippen LogP contribution < -0.4 is 10.1 Å². The fourth-order valence-electron chi connectivity index (χ4n) is 2.70. The molecule has 0 bridgehead atoms. The zero-order valence-electron chi connectivity index (χ0n) is 14.9. The summed E-state index contributed by atoms with van der Waals surface area (Å²) in [5, 5.41) is 12.8. The van der Waals surface area contributed by atoms with Crippen molar-refractivity contribution in [1.29, 1.82) is 0 Å². The molecule has 3 aromatic rings. The summed E-state index contributed by atoms with van der Waals surface area (Å²) in [5.41, 5.74) is 4.04. The van der Waals surface area contributed by atoms with Gasteiger partial charge in [-0.25, -0.2) is 4.79 Å². The number of rotatable bonds is 7. The number of hydrogen-bond donors (Lipinski definition) is 2. The second kappa shape index (κ2) is 8.60. The van der Waals surface area contributed by atoms with Crippen molar-refractivity contribution in [3.63, 3.8) is 0 Å². The van der Waals surface area contributed by atoms with Crippen molar-refractivity contribution in [1.82, 2.24) is 0 Å². The van der Waals surface area contributed by atoms with E-state index in [1.807, 2.05) is 42.5 Å². The average Bonchev–Trinajstić information content (AvgIpc) is 2.67. The van der Waals surface area contributed by atoms with Crippen LogP contribution in [-0.2, 0) is 13.2 Å². The van der Waals surface area contributed by atoms with Gasteiger partial charge in [0.1, 0.15) is 12.4 Å². The number of benzene rings is 3. The Morgan fingerprint density at radius 1 is 1.04 bits per heavy atom. The van der Waals surface area contributed by atoms with Crippen LogP contribution in [0.2, 0.25) is 5.02 Å². The van der Waals surface area contributed by atoms with Crippen LogP contribution in [0.25, 0.3) is 0 Å². The zero-order chi connectivity index (χ0) is 19.2. The first-order valence-corrected chi connectivity index (χ1v) is 8.94. The number of carboxylic acids is 1. The van der Waals surface area contributed by atoms with Gasteiger partial charge in [-0.1, -0.05) is 54.1 Å². The summed E-state index contributed by atoms with van der Waals surface area (Å²) in [6.45, 7) is 3.01. The smallest absolute Gasteiger partial charge is 0.335 e. The molecule has 0 saturated carbocycles. The highest BCUT2D eigenvalue weighted by Crippen LogP contribution is 2.26. The molecule has 0 aliphatic rings. The Kier molecular flexibility index (Phi) is 5.99. The molecule has 0 saturated heterocycles. The first-order chi connectivity index (χ1) is 13.0. The molecule has 0 amide bonds. The number of para-hydroxylation sites is 1. The molecule has 3 aromatic carbocycles. The summed E-state index contributed by atoms with van der Waals surface area (Å²) in [5.74, 6) is -0.213. The summed E-state index contributed by atoms with van der Waals surface area (Å²) < 4.78 is 6.02. The number of aryl methyl sites for hydroxylation is 1. The fraction of sp³-hybridized carbons (Fsp3) is 0.136. The Morgan fingerprint density at radius 2 is 1.74 bits per heavy atom. The van der Waals surface area contributed by atoms with Gasteiger partial charge >= 0.3 is 5.97 Å². The Hall–Kier alpha value is -2.98. The highest BCUT2D eigenvalue weighted by atomic mass is 35.5. The van der Waals surface area contributed by atoms with Crippen molar-refractivity contribution in [3.8, 4) is 5.75 Å². The predicted molar refractivity (Wildman–Crippen MR) is 108 cm³/mol. The summed E-state index contributed by atoms with van der Waals surface area (Å²) >= 11 is 6.18. The van der Waals surface area contributed by atoms with Gasteiger partial charge in [0.2, 0.25) is 0 Å². The summed E-state index contributed by atoms with van der Waals surface area (Å²) in [4.78, 5) is 11.1. The number of halogens is 1. The van der Waals surface area contributed by atoms with E-state index in [2.05, 4.69) is 18.3 Å². The minimum Gasteiger partial charge on any atom is -0.489 e. The minimum atomic E-state index is -0.989. The van der Waals surface area contributed by atoms with Crippen LogP contribution in [-0.4, -0.2) is 11.1 Å². The van der Waals surface area contributed by atoms with Crippen molar-refractivity contribution in [2.45, 2.75) is 20.1 Å². The van der Waals surface area contributed by atoms with E-state index in [-0.39, 0.29) is 5.56 Å². The maximum atomic E-state index is 11.1. The Bertz CT molecular complexity index is 956. The molecule has 0 aliphatic carbocycles. The van der Waals surface area contributed by atoms with Gasteiger partial charge in [-0.05, 0) is 42.3 Å². The fourth-order valence-corrected chi connectivity index (χ4v) is 2.89. The monoisotopic (exact) mass is 381 g/mol. The molecule has 27 heavy (non-hydrogen) atoms. The van der Waals surface area contributed by atoms with E-state index in [4.69, 9.17) is 21.4 Å². The molecule has 0 heterocycles. The van der Waals surface area contributed by atoms with Gasteiger partial charge in [0, 0.05) is 12.1 Å². The number of aromatic carboxylic acids is 1. The molecule has 0 fully saturated rings. The van der Waals surface area contributed by atoms with Crippen LogP contribution in [0.3, 0.4) is 0 Å². The summed E-state index contributed by atoms with van der Waals surface area (Å²) in [6, 6.07) is 20.4. The minimum absolute atomic E-state index is 0.186. The lowest BCUT2D eigenvalue weighted by Crippen LogP contribution is -2.05. The largest absolute Gasteiger partial charge is 0.489 e. The maximum Gasteiger partial charge on any atom is 0.335 e. The molecule has 0 unspecified atom stereocenters. The number of anilines is 1. The second-order valence-electron chi connectivity index (χ2n) is 6.18. The maximum absolute atomic E-state index is 11.1. The van der Waals surface area contributed by atoms with Crippen LogP contribution in [0, 0.1) is 6.92 Å². The van der Waals surface area contributed by atoms with E-state index in [1.54, 1.807) is 6.07 Å². The SMILES string of the molecule is Cc1ccccc1COc1ccccc1CNc1cc(C(=O)O)ccc1Cl. The molecular weight excluding hydrogens is 362 g/mol. The normalized spacial score (nSPS) is 10.4. The van der Waals surface area contributed by atoms with Gasteiger partial charge in [0.25, 0.3) is 0 Å². The van der Waals surface area contributed by atoms with E-state index in [9.17, 15) is 4.79 Å². The Morgan fingerprint density at radius 3 is 2.48 bits per heavy atom. The van der Waals surface area contributed by atoms with Gasteiger partial charge in [-0.3, -0.25) is 0 Å². The van der Waals surface area contributed by atoms with Gasteiger partial charge in [0.15, 0.2) is 0 Å². The molecule has 5 heteroatoms. The molecule has 2 N–H and O–H groups in total. The quantitative estimate of drug-likeness (QED) is 0.564. The van der Waals surface area contributed by atoms with Crippen molar-refractivity contribution in [2.75, 3.05) is 5.32 Å². The van der Waals surface area contributed by atoms with Crippen LogP contribution in [0.4, 0.5) is 5.69 Å². The standard InChI is InChI=1S/C22H20ClNO3/c1-15-6-2-3-8-18(15)14-27-21-9-5-4-7-17(21)13-24-20-12-16(22(25)26)10-11-19(20)23/h2-12,24H,13-14H2,1H3,(H,25,26). The lowest BCUT2D eigenvalue weighted by molar-refractivity contribution is 0.0697. The predicted octanol–water partition coefficient (Wildman–Crippen LogP) is 5.54. The van der Waals surface area contributed by atoms with Crippen molar-refractivity contribution >= 4 is 23.3 Å². The van der Waals surface area contributed by atoms with Crippen LogP contribution in [0.15, 0.2) is 66.7 Å². The lowest BCUT2D eigenvalue weighted by atomic mass is 10.1. The molecule has 0 spiro atoms. The van der Waals surface area contributed by atoms with E-state index < -0.39 is 5.97 Å². The summed E-state index contributed by atoms with van der Waals surface area (Å²) in [7, 11) is 0. The highest BCUT2D eigenvalue weighted by molar-refractivity contribution is 6.33. The number of nitrogens with one attached hydrogen (secondary N) is 1. The lowest BCUT2D eigenvalue weighted by Gasteiger charge is -2.14. The summed E-state index contributed by atoms with van der Waals surface area (Å²) in [6.07, 6.45) is 0. The van der Waals surface area contributed by atoms with Crippen LogP contribution >= 0.6 is 11.6 Å². The van der Waals surface area contributed by atoms with Crippen LogP contribution in [0.5, 0.6) is 5.75 Å². The average molecular weight is 382 g/mol. The van der Waals surface area contributed by atoms with Gasteiger partial charge in [0.05, 0.1) is 16.3 Å². The molecule has 0 radical (unpaired) electrons. The number of hydrogen-bond acceptors (Lipinski definition) is 3. The van der Waals surface area contributed by atoms with Crippen molar-refractivity contribution in [2.24, 2.45) is 0 Å². The number of carboxylic acid groups (broad SMARTS) is 1. The third-order valence-electron chi connectivity index (χ3n) is 4.30. The van der Waals surface area contributed by atoms with E-state index in [0.717, 1.165) is 16.9 Å². The van der Waals surface area contributed by atoms with Gasteiger partial charge < -0.3 is 15.2 Å². The van der Waals surface area contributed by atoms with Gasteiger partial charge in [-0.2, -0.15) is 0 Å². The second-order valence-corrected chi connectivity index (χ2v) is 6.58. The first kappa shape index (κ1) is 18.8. The third-order valence-corrected chi connectivity index (χ3v) is 4.63.